The maximum Gasteiger partial charge on any atom is 1.00 e. The van der Waals surface area contributed by atoms with Crippen molar-refractivity contribution >= 4 is 28.6 Å². The molecule has 1 rings (SSSR count). The molecule has 0 aliphatic heterocycles. The second-order valence-electron chi connectivity index (χ2n) is 2.08. The summed E-state index contributed by atoms with van der Waals surface area (Å²) in [5, 5.41) is 0. The van der Waals surface area contributed by atoms with Gasteiger partial charge < -0.3 is 17.2 Å². The molecule has 0 heterocycles. The first kappa shape index (κ1) is 17.5. The van der Waals surface area contributed by atoms with Crippen molar-refractivity contribution in [2.45, 2.75) is 4.90 Å². The van der Waals surface area contributed by atoms with Crippen LogP contribution in [0, 0.1) is 0 Å². The van der Waals surface area contributed by atoms with Gasteiger partial charge in [0.05, 0.1) is 0 Å². The van der Waals surface area contributed by atoms with Crippen LogP contribution in [-0.4, -0.2) is 13.0 Å². The first-order chi connectivity index (χ1) is 5.47. The quantitative estimate of drug-likeness (QED) is 0.322. The molecule has 0 amide bonds. The Morgan fingerprint density at radius 2 is 1.86 bits per heavy atom. The van der Waals surface area contributed by atoms with E-state index in [0.29, 0.717) is 4.90 Å². The third-order valence-electron chi connectivity index (χ3n) is 1.08. The Labute approximate surface area is 133 Å². The van der Waals surface area contributed by atoms with Gasteiger partial charge in [-0.05, 0) is 6.07 Å². The molecule has 0 saturated carbocycles. The predicted octanol–water partition coefficient (Wildman–Crippen LogP) is -5.53. The van der Waals surface area contributed by atoms with E-state index in [9.17, 15) is 13.0 Å². The molecule has 0 fully saturated rings. The third kappa shape index (κ3) is 7.44. The zero-order chi connectivity index (χ0) is 9.19. The largest absolute Gasteiger partial charge is 1.00 e. The Bertz CT molecular complexity index is 382. The molecule has 0 saturated heterocycles. The van der Waals surface area contributed by atoms with Crippen LogP contribution in [0.25, 0.3) is 0 Å². The van der Waals surface area contributed by atoms with E-state index in [0.717, 1.165) is 0 Å². The van der Waals surface area contributed by atoms with E-state index >= 15 is 0 Å². The van der Waals surface area contributed by atoms with Gasteiger partial charge in [-0.3, -0.25) is 4.72 Å². The van der Waals surface area contributed by atoms with Crippen LogP contribution >= 0.6 is 0 Å². The molecule has 0 aliphatic carbocycles. The van der Waals surface area contributed by atoms with Crippen LogP contribution in [0.5, 0.6) is 0 Å². The molecular formula is C6H5NNa2O3S2. The Hall–Kier alpha value is 1.15. The minimum atomic E-state index is -4.44. The first-order valence-corrected chi connectivity index (χ1v) is 4.80. The summed E-state index contributed by atoms with van der Waals surface area (Å²) >= 11 is 4.75. The Morgan fingerprint density at radius 3 is 2.29 bits per heavy atom. The molecule has 0 radical (unpaired) electrons. The van der Waals surface area contributed by atoms with Crippen molar-refractivity contribution in [1.82, 2.24) is 0 Å². The number of rotatable bonds is 2. The summed E-state index contributed by atoms with van der Waals surface area (Å²) in [5.41, 5.74) is 0.192. The van der Waals surface area contributed by atoms with Crippen molar-refractivity contribution in [3.8, 4) is 0 Å². The van der Waals surface area contributed by atoms with Gasteiger partial charge in [-0.1, -0.05) is 18.2 Å². The summed E-state index contributed by atoms with van der Waals surface area (Å²) in [5.74, 6) is 0. The van der Waals surface area contributed by atoms with E-state index in [1.54, 1.807) is 16.9 Å². The van der Waals surface area contributed by atoms with Crippen LogP contribution in [0.15, 0.2) is 29.2 Å². The smallest absolute Gasteiger partial charge is 0.780 e. The van der Waals surface area contributed by atoms with Crippen LogP contribution in [0.2, 0.25) is 0 Å². The average molecular weight is 249 g/mol. The maximum atomic E-state index is 10.2. The molecule has 4 nitrogen and oxygen atoms in total. The van der Waals surface area contributed by atoms with E-state index < -0.39 is 10.3 Å². The minimum Gasteiger partial charge on any atom is -0.780 e. The van der Waals surface area contributed by atoms with Crippen molar-refractivity contribution in [2.24, 2.45) is 0 Å². The standard InChI is InChI=1S/C6H7NO3S2.2Na/c8-12(9,10)7-5-2-1-3-6(11)4-5;;/h1-4,7,11H,(H,8,9,10);;/q;2*+1/p-2. The summed E-state index contributed by atoms with van der Waals surface area (Å²) < 4.78 is 32.4. The van der Waals surface area contributed by atoms with Gasteiger partial charge in [-0.2, -0.15) is 4.90 Å². The van der Waals surface area contributed by atoms with E-state index in [4.69, 9.17) is 12.6 Å². The first-order valence-electron chi connectivity index (χ1n) is 2.98. The monoisotopic (exact) mass is 249 g/mol. The molecule has 0 unspecified atom stereocenters. The van der Waals surface area contributed by atoms with Gasteiger partial charge in [0.2, 0.25) is 0 Å². The number of nitrogens with one attached hydrogen (secondary N) is 1. The van der Waals surface area contributed by atoms with E-state index in [2.05, 4.69) is 0 Å². The topological polar surface area (TPSA) is 69.2 Å². The zero-order valence-electron chi connectivity index (χ0n) is 7.85. The van der Waals surface area contributed by atoms with Gasteiger partial charge in [0.15, 0.2) is 10.3 Å². The second kappa shape index (κ2) is 7.43. The van der Waals surface area contributed by atoms with Crippen LogP contribution in [0.3, 0.4) is 0 Å². The normalized spacial score (nSPS) is 9.50. The third-order valence-corrected chi connectivity index (χ3v) is 1.82. The molecule has 8 heteroatoms. The van der Waals surface area contributed by atoms with Crippen LogP contribution in [0.4, 0.5) is 5.69 Å². The molecule has 1 N–H and O–H groups in total. The van der Waals surface area contributed by atoms with Crippen molar-refractivity contribution in [3.05, 3.63) is 24.3 Å². The molecular weight excluding hydrogens is 244 g/mol. The van der Waals surface area contributed by atoms with Crippen LogP contribution < -0.4 is 63.8 Å². The second-order valence-corrected chi connectivity index (χ2v) is 3.67. The predicted molar refractivity (Wildman–Crippen MR) is 45.4 cm³/mol. The average Bonchev–Trinajstić information content (AvgIpc) is 1.82. The molecule has 0 atom stereocenters. The van der Waals surface area contributed by atoms with Crippen molar-refractivity contribution in [2.75, 3.05) is 4.72 Å². The van der Waals surface area contributed by atoms with Crippen molar-refractivity contribution < 1.29 is 72.1 Å². The molecule has 66 valence electrons. The van der Waals surface area contributed by atoms with Gasteiger partial charge in [0.1, 0.15) is 0 Å². The SMILES string of the molecule is O=S(=O)([O-])Nc1cccc([S-])c1.[Na+].[Na+]. The fourth-order valence-electron chi connectivity index (χ4n) is 0.704. The maximum absolute atomic E-state index is 10.2. The van der Waals surface area contributed by atoms with Crippen molar-refractivity contribution in [3.63, 3.8) is 0 Å². The number of benzene rings is 1. The fraction of sp³-hybridized carbons (Fsp3) is 0. The van der Waals surface area contributed by atoms with Gasteiger partial charge >= 0.3 is 59.1 Å². The zero-order valence-corrected chi connectivity index (χ0v) is 13.5. The summed E-state index contributed by atoms with van der Waals surface area (Å²) in [6, 6.07) is 6.03. The van der Waals surface area contributed by atoms with Crippen LogP contribution in [-0.2, 0) is 22.9 Å². The molecule has 1 aromatic carbocycles. The van der Waals surface area contributed by atoms with Gasteiger partial charge in [0, 0.05) is 5.69 Å². The molecule has 0 aromatic heterocycles. The summed E-state index contributed by atoms with van der Waals surface area (Å²) in [6.07, 6.45) is 0. The Balaban J connectivity index is 0. The minimum absolute atomic E-state index is 0. The molecule has 1 aromatic rings. The van der Waals surface area contributed by atoms with Crippen LogP contribution in [0.1, 0.15) is 0 Å². The Morgan fingerprint density at radius 1 is 1.29 bits per heavy atom. The number of hydrogen-bond acceptors (Lipinski definition) is 4. The molecule has 0 bridgehead atoms. The summed E-state index contributed by atoms with van der Waals surface area (Å²) in [6.45, 7) is 0. The fourth-order valence-corrected chi connectivity index (χ4v) is 1.33. The van der Waals surface area contributed by atoms with Gasteiger partial charge in [0.25, 0.3) is 0 Å². The van der Waals surface area contributed by atoms with E-state index in [1.807, 2.05) is 0 Å². The molecule has 14 heavy (non-hydrogen) atoms. The molecule has 0 spiro atoms. The summed E-state index contributed by atoms with van der Waals surface area (Å²) in [7, 11) is -4.44. The van der Waals surface area contributed by atoms with E-state index in [1.165, 1.54) is 12.1 Å². The van der Waals surface area contributed by atoms with E-state index in [-0.39, 0.29) is 64.8 Å². The van der Waals surface area contributed by atoms with Gasteiger partial charge in [-0.15, -0.1) is 0 Å². The molecule has 0 aliphatic rings. The number of hydrogen-bond donors (Lipinski definition) is 1. The van der Waals surface area contributed by atoms with Gasteiger partial charge in [-0.25, -0.2) is 8.42 Å². The Kier molecular flexibility index (Phi) is 9.31. The summed E-state index contributed by atoms with van der Waals surface area (Å²) in [4.78, 5) is 0.476. The number of anilines is 1. The van der Waals surface area contributed by atoms with Crippen molar-refractivity contribution in [1.29, 1.82) is 0 Å².